The number of benzene rings is 3. The number of esters is 1. The highest BCUT2D eigenvalue weighted by molar-refractivity contribution is 7.11. The van der Waals surface area contributed by atoms with Gasteiger partial charge >= 0.3 is 18.0 Å². The van der Waals surface area contributed by atoms with Gasteiger partial charge in [-0.25, -0.2) is 23.8 Å². The molecule has 2 atom stereocenters. The highest BCUT2D eigenvalue weighted by Gasteiger charge is 2.42. The Morgan fingerprint density at radius 1 is 1.04 bits per heavy atom. The number of hydrogen-bond donors (Lipinski definition) is 2. The Hall–Kier alpha value is -5.02. The summed E-state index contributed by atoms with van der Waals surface area (Å²) >= 11 is 13.9. The van der Waals surface area contributed by atoms with E-state index in [0.717, 1.165) is 0 Å². The van der Waals surface area contributed by atoms with Crippen molar-refractivity contribution in [1.29, 1.82) is 0 Å². The van der Waals surface area contributed by atoms with Crippen LogP contribution in [-0.2, 0) is 9.53 Å². The van der Waals surface area contributed by atoms with E-state index < -0.39 is 23.8 Å². The molecule has 1 aromatic heterocycles. The summed E-state index contributed by atoms with van der Waals surface area (Å²) in [4.78, 5) is 53.1. The molecule has 4 aromatic rings. The zero-order valence-corrected chi connectivity index (χ0v) is 29.2. The number of carboxylic acid groups (broad SMARTS) is 1. The van der Waals surface area contributed by atoms with Crippen LogP contribution in [0.1, 0.15) is 27.0 Å². The van der Waals surface area contributed by atoms with E-state index in [4.69, 9.17) is 37.7 Å². The quantitative estimate of drug-likeness (QED) is 0.191. The number of carbonyl (C=O) groups is 3. The molecule has 0 saturated carbocycles. The number of anilines is 1. The number of piperazine rings is 1. The lowest BCUT2D eigenvalue weighted by molar-refractivity contribution is -0.136. The molecule has 0 aliphatic carbocycles. The van der Waals surface area contributed by atoms with Crippen LogP contribution in [0.25, 0.3) is 0 Å². The Morgan fingerprint density at radius 3 is 2.51 bits per heavy atom. The highest BCUT2D eigenvalue weighted by Crippen LogP contribution is 2.37. The second-order valence-corrected chi connectivity index (χ2v) is 13.6. The summed E-state index contributed by atoms with van der Waals surface area (Å²) in [5.74, 6) is -0.921. The summed E-state index contributed by atoms with van der Waals surface area (Å²) in [6.07, 6.45) is 1.66. The Kier molecular flexibility index (Phi) is 9.66. The zero-order valence-electron chi connectivity index (χ0n) is 26.9. The molecule has 2 amide bonds. The van der Waals surface area contributed by atoms with Crippen molar-refractivity contribution in [2.75, 3.05) is 44.7 Å². The Morgan fingerprint density at radius 2 is 1.82 bits per heavy atom. The Bertz CT molecular complexity index is 2080. The van der Waals surface area contributed by atoms with E-state index >= 15 is 0 Å². The topological polar surface area (TPSA) is 137 Å². The first-order chi connectivity index (χ1) is 24.6. The number of aliphatic imine (C=N–C) groups is 1. The van der Waals surface area contributed by atoms with E-state index in [1.807, 2.05) is 10.3 Å². The molecule has 0 radical (unpaired) electrons. The smallest absolute Gasteiger partial charge is 0.338 e. The predicted octanol–water partition coefficient (Wildman–Crippen LogP) is 6.22. The zero-order chi connectivity index (χ0) is 35.8. The van der Waals surface area contributed by atoms with Gasteiger partial charge in [-0.3, -0.25) is 14.8 Å². The standard InChI is InChI=1S/C35H29Cl2FN6O6S/c1-49-34(47)29-28(40-31(32-39-10-13-51-32)41-30(29)24-8-2-19(38)14-26(24)36)18-42-11-12-43-21(16-42)17-44(35(43)48)20-3-5-22(6-4-20)50-23-7-9-25(33(45)46)27(37)15-23/h2-10,13-15,21,30H,11-12,16-18H2,1H3,(H,40,41)(H,45,46). The van der Waals surface area contributed by atoms with Gasteiger partial charge in [0, 0.05) is 72.3 Å². The number of amides is 2. The van der Waals surface area contributed by atoms with Crippen molar-refractivity contribution in [2.45, 2.75) is 12.1 Å². The van der Waals surface area contributed by atoms with Crippen LogP contribution in [0.15, 0.2) is 88.5 Å². The number of thiazole rings is 1. The van der Waals surface area contributed by atoms with Gasteiger partial charge in [0.2, 0.25) is 0 Å². The minimum absolute atomic E-state index is 0.0223. The molecule has 4 heterocycles. The Labute approximate surface area is 305 Å². The van der Waals surface area contributed by atoms with Crippen LogP contribution in [0.3, 0.4) is 0 Å². The molecule has 2 unspecified atom stereocenters. The summed E-state index contributed by atoms with van der Waals surface area (Å²) < 4.78 is 25.1. The number of halogens is 3. The lowest BCUT2D eigenvalue weighted by Gasteiger charge is -2.38. The van der Waals surface area contributed by atoms with E-state index in [-0.39, 0.29) is 33.3 Å². The molecule has 12 nitrogen and oxygen atoms in total. The molecule has 16 heteroatoms. The van der Waals surface area contributed by atoms with Gasteiger partial charge in [0.15, 0.2) is 10.8 Å². The molecule has 7 rings (SSSR count). The van der Waals surface area contributed by atoms with E-state index in [9.17, 15) is 23.9 Å². The van der Waals surface area contributed by atoms with Crippen LogP contribution in [0.4, 0.5) is 14.9 Å². The van der Waals surface area contributed by atoms with Crippen molar-refractivity contribution >= 4 is 64.0 Å². The first-order valence-corrected chi connectivity index (χ1v) is 17.4. The SMILES string of the molecule is COC(=O)C1=C(CN2CCN3C(=O)N(c4ccc(Oc5ccc(C(=O)O)c(Cl)c5)cc4)CC3C2)NC(c2nccs2)=NC1c1ccc(F)cc1Cl. The maximum Gasteiger partial charge on any atom is 0.338 e. The summed E-state index contributed by atoms with van der Waals surface area (Å²) in [7, 11) is 1.29. The van der Waals surface area contributed by atoms with Crippen LogP contribution < -0.4 is 15.0 Å². The van der Waals surface area contributed by atoms with Gasteiger partial charge in [0.05, 0.1) is 29.3 Å². The third kappa shape index (κ3) is 7.00. The molecule has 2 fully saturated rings. The summed E-state index contributed by atoms with van der Waals surface area (Å²) in [5, 5.41) is 15.1. The maximum atomic E-state index is 14.0. The average molecular weight is 752 g/mol. The number of ether oxygens (including phenoxy) is 2. The number of carbonyl (C=O) groups excluding carboxylic acids is 2. The number of nitrogens with one attached hydrogen (secondary N) is 1. The number of amidine groups is 1. The van der Waals surface area contributed by atoms with Gasteiger partial charge in [0.1, 0.15) is 23.4 Å². The fourth-order valence-electron chi connectivity index (χ4n) is 6.39. The molecule has 0 bridgehead atoms. The van der Waals surface area contributed by atoms with Crippen LogP contribution in [0.5, 0.6) is 11.5 Å². The highest BCUT2D eigenvalue weighted by atomic mass is 35.5. The number of aromatic carboxylic acids is 1. The second kappa shape index (κ2) is 14.3. The maximum absolute atomic E-state index is 14.0. The minimum atomic E-state index is -1.13. The molecule has 3 aliphatic heterocycles. The largest absolute Gasteiger partial charge is 0.478 e. The summed E-state index contributed by atoms with van der Waals surface area (Å²) in [6.45, 7) is 2.29. The third-order valence-corrected chi connectivity index (χ3v) is 10.2. The van der Waals surface area contributed by atoms with Gasteiger partial charge in [-0.15, -0.1) is 11.3 Å². The Balaban J connectivity index is 1.09. The molecule has 262 valence electrons. The lowest BCUT2D eigenvalue weighted by Crippen LogP contribution is -2.53. The van der Waals surface area contributed by atoms with Gasteiger partial charge < -0.3 is 24.8 Å². The van der Waals surface area contributed by atoms with Crippen LogP contribution >= 0.6 is 34.5 Å². The fraction of sp³-hybridized carbons (Fsp3) is 0.229. The summed E-state index contributed by atoms with van der Waals surface area (Å²) in [5.41, 5.74) is 1.92. The van der Waals surface area contributed by atoms with Crippen LogP contribution in [0, 0.1) is 5.82 Å². The van der Waals surface area contributed by atoms with Crippen molar-refractivity contribution < 1.29 is 33.4 Å². The number of nitrogens with zero attached hydrogens (tertiary/aromatic N) is 5. The monoisotopic (exact) mass is 750 g/mol. The van der Waals surface area contributed by atoms with E-state index in [1.54, 1.807) is 35.4 Å². The summed E-state index contributed by atoms with van der Waals surface area (Å²) in [6, 6.07) is 14.2. The molecule has 0 spiro atoms. The van der Waals surface area contributed by atoms with Gasteiger partial charge in [0.25, 0.3) is 0 Å². The van der Waals surface area contributed by atoms with E-state index in [1.165, 1.54) is 54.8 Å². The normalized spacial score (nSPS) is 19.1. The number of methoxy groups -OCH3 is 1. The fourth-order valence-corrected chi connectivity index (χ4v) is 7.50. The number of urea groups is 1. The van der Waals surface area contributed by atoms with E-state index in [2.05, 4.69) is 15.2 Å². The molecular weight excluding hydrogens is 722 g/mol. The van der Waals surface area contributed by atoms with Crippen molar-refractivity contribution in [2.24, 2.45) is 4.99 Å². The molecule has 51 heavy (non-hydrogen) atoms. The number of fused-ring (bicyclic) bond motifs is 1. The number of hydrogen-bond acceptors (Lipinski definition) is 10. The first kappa shape index (κ1) is 34.4. The van der Waals surface area contributed by atoms with E-state index in [0.29, 0.717) is 72.0 Å². The molecule has 3 aromatic carbocycles. The number of carboxylic acids is 1. The molecule has 2 saturated heterocycles. The minimum Gasteiger partial charge on any atom is -0.478 e. The molecule has 2 N–H and O–H groups in total. The van der Waals surface area contributed by atoms with Gasteiger partial charge in [-0.05, 0) is 48.5 Å². The van der Waals surface area contributed by atoms with Gasteiger partial charge in [-0.1, -0.05) is 29.3 Å². The predicted molar refractivity (Wildman–Crippen MR) is 190 cm³/mol. The molecule has 3 aliphatic rings. The van der Waals surface area contributed by atoms with Crippen molar-refractivity contribution in [1.82, 2.24) is 20.1 Å². The number of aromatic nitrogens is 1. The third-order valence-electron chi connectivity index (χ3n) is 8.80. The molecular formula is C35H29Cl2FN6O6S. The van der Waals surface area contributed by atoms with Crippen LogP contribution in [0.2, 0.25) is 10.0 Å². The average Bonchev–Trinajstić information content (AvgIpc) is 3.76. The van der Waals surface area contributed by atoms with Gasteiger partial charge in [-0.2, -0.15) is 0 Å². The van der Waals surface area contributed by atoms with Crippen molar-refractivity contribution in [3.05, 3.63) is 116 Å². The number of rotatable bonds is 9. The van der Waals surface area contributed by atoms with Crippen LogP contribution in [-0.4, -0.2) is 89.6 Å². The lowest BCUT2D eigenvalue weighted by atomic mass is 9.95. The first-order valence-electron chi connectivity index (χ1n) is 15.7. The van der Waals surface area contributed by atoms with Crippen molar-refractivity contribution in [3.8, 4) is 11.5 Å². The van der Waals surface area contributed by atoms with Crippen molar-refractivity contribution in [3.63, 3.8) is 0 Å². The second-order valence-electron chi connectivity index (χ2n) is 11.9.